The Labute approximate surface area is 130 Å². The molecule has 8 heteroatoms. The van der Waals surface area contributed by atoms with E-state index in [1.54, 1.807) is 25.1 Å². The van der Waals surface area contributed by atoms with Gasteiger partial charge in [0.15, 0.2) is 0 Å². The molecule has 0 radical (unpaired) electrons. The SMILES string of the molecule is CC(=O)NCCC(=O)Nc1cc(C)ccc1SCC(F)(F)F. The number of aryl methyl sites for hydroxylation is 1. The smallest absolute Gasteiger partial charge is 0.356 e. The molecule has 1 aromatic carbocycles. The quantitative estimate of drug-likeness (QED) is 0.786. The lowest BCUT2D eigenvalue weighted by atomic mass is 10.2. The maximum absolute atomic E-state index is 12.3. The van der Waals surface area contributed by atoms with Crippen LogP contribution in [-0.2, 0) is 9.59 Å². The van der Waals surface area contributed by atoms with E-state index in [0.29, 0.717) is 22.3 Å². The number of halogens is 3. The minimum absolute atomic E-state index is 0.0525. The topological polar surface area (TPSA) is 58.2 Å². The summed E-state index contributed by atoms with van der Waals surface area (Å²) in [5, 5.41) is 5.06. The predicted molar refractivity (Wildman–Crippen MR) is 79.9 cm³/mol. The summed E-state index contributed by atoms with van der Waals surface area (Å²) in [6.07, 6.45) is -4.22. The van der Waals surface area contributed by atoms with Gasteiger partial charge in [-0.05, 0) is 24.6 Å². The van der Waals surface area contributed by atoms with Crippen LogP contribution in [0.2, 0.25) is 0 Å². The summed E-state index contributed by atoms with van der Waals surface area (Å²) >= 11 is 0.624. The van der Waals surface area contributed by atoms with E-state index in [4.69, 9.17) is 0 Å². The summed E-state index contributed by atoms with van der Waals surface area (Å²) in [6, 6.07) is 4.86. The van der Waals surface area contributed by atoms with E-state index in [2.05, 4.69) is 10.6 Å². The fourth-order valence-electron chi connectivity index (χ4n) is 1.59. The van der Waals surface area contributed by atoms with Crippen molar-refractivity contribution in [3.8, 4) is 0 Å². The Kier molecular flexibility index (Phi) is 6.73. The van der Waals surface area contributed by atoms with E-state index in [1.165, 1.54) is 6.92 Å². The lowest BCUT2D eigenvalue weighted by Gasteiger charge is -2.13. The van der Waals surface area contributed by atoms with E-state index in [0.717, 1.165) is 5.56 Å². The lowest BCUT2D eigenvalue weighted by molar-refractivity contribution is -0.119. The summed E-state index contributed by atoms with van der Waals surface area (Å²) in [5.74, 6) is -1.64. The first-order valence-corrected chi connectivity index (χ1v) is 7.50. The van der Waals surface area contributed by atoms with E-state index < -0.39 is 11.9 Å². The molecule has 122 valence electrons. The van der Waals surface area contributed by atoms with Gasteiger partial charge in [0.25, 0.3) is 0 Å². The number of nitrogens with one attached hydrogen (secondary N) is 2. The highest BCUT2D eigenvalue weighted by Gasteiger charge is 2.27. The fraction of sp³-hybridized carbons (Fsp3) is 0.429. The third kappa shape index (κ3) is 7.35. The minimum Gasteiger partial charge on any atom is -0.356 e. The number of anilines is 1. The molecule has 1 rings (SSSR count). The summed E-state index contributed by atoms with van der Waals surface area (Å²) < 4.78 is 36.9. The molecule has 0 aliphatic heterocycles. The molecular formula is C14H17F3N2O2S. The number of carbonyl (C=O) groups excluding carboxylic acids is 2. The van der Waals surface area contributed by atoms with Crippen LogP contribution in [0.1, 0.15) is 18.9 Å². The van der Waals surface area contributed by atoms with Crippen molar-refractivity contribution in [1.82, 2.24) is 5.32 Å². The van der Waals surface area contributed by atoms with Crippen LogP contribution in [0.25, 0.3) is 0 Å². The van der Waals surface area contributed by atoms with Crippen molar-refractivity contribution in [3.63, 3.8) is 0 Å². The molecule has 1 aromatic rings. The number of hydrogen-bond donors (Lipinski definition) is 2. The maximum atomic E-state index is 12.3. The van der Waals surface area contributed by atoms with Gasteiger partial charge in [0.2, 0.25) is 11.8 Å². The Bertz CT molecular complexity index is 547. The van der Waals surface area contributed by atoms with Crippen molar-refractivity contribution >= 4 is 29.3 Å². The van der Waals surface area contributed by atoms with Gasteiger partial charge in [-0.3, -0.25) is 9.59 Å². The molecule has 0 unspecified atom stereocenters. The monoisotopic (exact) mass is 334 g/mol. The van der Waals surface area contributed by atoms with Crippen LogP contribution < -0.4 is 10.6 Å². The van der Waals surface area contributed by atoms with Crippen LogP contribution in [0.15, 0.2) is 23.1 Å². The first-order chi connectivity index (χ1) is 10.2. The van der Waals surface area contributed by atoms with Crippen molar-refractivity contribution in [2.45, 2.75) is 31.3 Å². The lowest BCUT2D eigenvalue weighted by Crippen LogP contribution is -2.25. The summed E-state index contributed by atoms with van der Waals surface area (Å²) in [4.78, 5) is 22.8. The normalized spacial score (nSPS) is 11.1. The Morgan fingerprint density at radius 2 is 1.95 bits per heavy atom. The Morgan fingerprint density at radius 1 is 1.27 bits per heavy atom. The highest BCUT2D eigenvalue weighted by molar-refractivity contribution is 7.99. The number of hydrogen-bond acceptors (Lipinski definition) is 3. The number of amides is 2. The van der Waals surface area contributed by atoms with E-state index in [9.17, 15) is 22.8 Å². The number of alkyl halides is 3. The Hall–Kier alpha value is -1.70. The van der Waals surface area contributed by atoms with Crippen LogP contribution in [-0.4, -0.2) is 30.3 Å². The Balaban J connectivity index is 2.69. The number of rotatable bonds is 6. The molecule has 0 saturated heterocycles. The van der Waals surface area contributed by atoms with Gasteiger partial charge in [-0.2, -0.15) is 13.2 Å². The van der Waals surface area contributed by atoms with Gasteiger partial charge in [-0.15, -0.1) is 11.8 Å². The third-order valence-corrected chi connectivity index (χ3v) is 3.67. The molecule has 0 heterocycles. The van der Waals surface area contributed by atoms with Crippen LogP contribution in [0.5, 0.6) is 0 Å². The molecule has 0 spiro atoms. The molecule has 2 amide bonds. The molecular weight excluding hydrogens is 317 g/mol. The minimum atomic E-state index is -4.28. The molecule has 0 aromatic heterocycles. The van der Waals surface area contributed by atoms with Gasteiger partial charge >= 0.3 is 6.18 Å². The largest absolute Gasteiger partial charge is 0.398 e. The number of benzene rings is 1. The summed E-state index contributed by atoms with van der Waals surface area (Å²) in [6.45, 7) is 3.30. The van der Waals surface area contributed by atoms with E-state index >= 15 is 0 Å². The first-order valence-electron chi connectivity index (χ1n) is 6.52. The van der Waals surface area contributed by atoms with Crippen molar-refractivity contribution < 1.29 is 22.8 Å². The Morgan fingerprint density at radius 3 is 2.55 bits per heavy atom. The zero-order valence-electron chi connectivity index (χ0n) is 12.2. The fourth-order valence-corrected chi connectivity index (χ4v) is 2.34. The van der Waals surface area contributed by atoms with Crippen LogP contribution in [0.3, 0.4) is 0 Å². The number of thioether (sulfide) groups is 1. The van der Waals surface area contributed by atoms with Gasteiger partial charge in [0, 0.05) is 24.8 Å². The molecule has 0 aliphatic rings. The van der Waals surface area contributed by atoms with E-state index in [1.807, 2.05) is 0 Å². The molecule has 0 bridgehead atoms. The first kappa shape index (κ1) is 18.3. The van der Waals surface area contributed by atoms with E-state index in [-0.39, 0.29) is 24.8 Å². The zero-order valence-corrected chi connectivity index (χ0v) is 13.0. The molecule has 2 N–H and O–H groups in total. The molecule has 4 nitrogen and oxygen atoms in total. The second kappa shape index (κ2) is 8.07. The highest BCUT2D eigenvalue weighted by Crippen LogP contribution is 2.32. The molecule has 22 heavy (non-hydrogen) atoms. The van der Waals surface area contributed by atoms with Gasteiger partial charge in [0.05, 0.1) is 11.4 Å². The average molecular weight is 334 g/mol. The van der Waals surface area contributed by atoms with Gasteiger partial charge in [-0.25, -0.2) is 0 Å². The summed E-state index contributed by atoms with van der Waals surface area (Å²) in [7, 11) is 0. The third-order valence-electron chi connectivity index (χ3n) is 2.53. The van der Waals surface area contributed by atoms with Gasteiger partial charge in [-0.1, -0.05) is 6.07 Å². The average Bonchev–Trinajstić information content (AvgIpc) is 2.36. The number of carbonyl (C=O) groups is 2. The summed E-state index contributed by atoms with van der Waals surface area (Å²) in [5.41, 5.74) is 1.18. The second-order valence-corrected chi connectivity index (χ2v) is 5.70. The molecule has 0 saturated carbocycles. The maximum Gasteiger partial charge on any atom is 0.398 e. The van der Waals surface area contributed by atoms with Crippen LogP contribution in [0.4, 0.5) is 18.9 Å². The molecule has 0 aliphatic carbocycles. The molecule has 0 atom stereocenters. The van der Waals surface area contributed by atoms with Gasteiger partial charge < -0.3 is 10.6 Å². The standard InChI is InChI=1S/C14H17F3N2O2S/c1-9-3-4-12(22-8-14(15,16)17)11(7-9)19-13(21)5-6-18-10(2)20/h3-4,7H,5-6,8H2,1-2H3,(H,18,20)(H,19,21). The zero-order chi connectivity index (χ0) is 16.8. The molecule has 0 fully saturated rings. The van der Waals surface area contributed by atoms with Crippen LogP contribution >= 0.6 is 11.8 Å². The van der Waals surface area contributed by atoms with Crippen molar-refractivity contribution in [1.29, 1.82) is 0 Å². The predicted octanol–water partition coefficient (Wildman–Crippen LogP) is 3.11. The van der Waals surface area contributed by atoms with Crippen molar-refractivity contribution in [3.05, 3.63) is 23.8 Å². The van der Waals surface area contributed by atoms with Crippen molar-refractivity contribution in [2.75, 3.05) is 17.6 Å². The van der Waals surface area contributed by atoms with Crippen molar-refractivity contribution in [2.24, 2.45) is 0 Å². The second-order valence-electron chi connectivity index (χ2n) is 4.68. The van der Waals surface area contributed by atoms with Gasteiger partial charge in [0.1, 0.15) is 0 Å². The van der Waals surface area contributed by atoms with Crippen LogP contribution in [0, 0.1) is 6.92 Å². The highest BCUT2D eigenvalue weighted by atomic mass is 32.2.